The van der Waals surface area contributed by atoms with Crippen molar-refractivity contribution in [3.63, 3.8) is 0 Å². The topological polar surface area (TPSA) is 49.3 Å². The molecule has 1 aromatic carbocycles. The normalized spacial score (nSPS) is 11.9. The maximum atomic E-state index is 4.51. The van der Waals surface area contributed by atoms with Crippen LogP contribution in [0.3, 0.4) is 0 Å². The summed E-state index contributed by atoms with van der Waals surface area (Å²) >= 11 is 1.79. The van der Waals surface area contributed by atoms with Crippen molar-refractivity contribution in [1.82, 2.24) is 15.6 Å². The molecule has 0 spiro atoms. The number of aromatic nitrogens is 1. The minimum Gasteiger partial charge on any atom is -0.356 e. The third-order valence-electron chi connectivity index (χ3n) is 4.27. The van der Waals surface area contributed by atoms with E-state index in [-0.39, 0.29) is 29.4 Å². The molecule has 0 saturated heterocycles. The van der Waals surface area contributed by atoms with Crippen LogP contribution in [0.1, 0.15) is 24.3 Å². The summed E-state index contributed by atoms with van der Waals surface area (Å²) < 4.78 is 0. The molecule has 2 aromatic heterocycles. The molecule has 0 saturated carbocycles. The molecule has 0 aliphatic heterocycles. The van der Waals surface area contributed by atoms with Crippen LogP contribution in [0.15, 0.2) is 59.0 Å². The van der Waals surface area contributed by atoms with Crippen LogP contribution < -0.4 is 10.6 Å². The lowest BCUT2D eigenvalue weighted by atomic mass is 9.91. The van der Waals surface area contributed by atoms with Crippen LogP contribution in [-0.4, -0.2) is 24.5 Å². The molecule has 0 unspecified atom stereocenters. The fourth-order valence-electron chi connectivity index (χ4n) is 2.77. The molecule has 3 rings (SSSR count). The van der Waals surface area contributed by atoms with Crippen molar-refractivity contribution in [2.45, 2.75) is 25.8 Å². The van der Waals surface area contributed by atoms with E-state index in [1.165, 1.54) is 10.4 Å². The fraction of sp³-hybridized carbons (Fsp3) is 0.300. The third-order valence-corrected chi connectivity index (χ3v) is 5.51. The van der Waals surface area contributed by atoms with Crippen LogP contribution in [-0.2, 0) is 12.0 Å². The van der Waals surface area contributed by atoms with Crippen LogP contribution in [0.2, 0.25) is 0 Å². The van der Waals surface area contributed by atoms with E-state index in [1.54, 1.807) is 18.4 Å². The molecule has 138 valence electrons. The first-order valence-corrected chi connectivity index (χ1v) is 9.29. The number of aliphatic imine (C=N–C) groups is 1. The number of nitrogens with one attached hydrogen (secondary N) is 2. The number of benzene rings is 1. The maximum absolute atomic E-state index is 4.51. The van der Waals surface area contributed by atoms with Crippen molar-refractivity contribution in [2.75, 3.05) is 13.6 Å². The Kier molecular flexibility index (Phi) is 7.40. The van der Waals surface area contributed by atoms with Gasteiger partial charge in [0, 0.05) is 42.0 Å². The van der Waals surface area contributed by atoms with Gasteiger partial charge < -0.3 is 10.6 Å². The van der Waals surface area contributed by atoms with Gasteiger partial charge in [-0.2, -0.15) is 0 Å². The van der Waals surface area contributed by atoms with E-state index < -0.39 is 0 Å². The lowest BCUT2D eigenvalue weighted by Crippen LogP contribution is -2.43. The Labute approximate surface area is 176 Å². The number of nitrogens with zero attached hydrogens (tertiary/aromatic N) is 2. The number of para-hydroxylation sites is 1. The minimum atomic E-state index is 0. The van der Waals surface area contributed by atoms with E-state index in [4.69, 9.17) is 0 Å². The molecule has 6 heteroatoms. The SMILES string of the molecule is CN=C(NCc1cccc2cccnc12)NCC(C)(C)c1cccs1.I. The van der Waals surface area contributed by atoms with Crippen molar-refractivity contribution in [1.29, 1.82) is 0 Å². The summed E-state index contributed by atoms with van der Waals surface area (Å²) in [5.74, 6) is 0.803. The molecule has 0 amide bonds. The van der Waals surface area contributed by atoms with Crippen LogP contribution >= 0.6 is 35.3 Å². The molecular formula is C20H25IN4S. The summed E-state index contributed by atoms with van der Waals surface area (Å²) in [6, 6.07) is 14.6. The summed E-state index contributed by atoms with van der Waals surface area (Å²) in [5.41, 5.74) is 2.26. The molecule has 0 aliphatic carbocycles. The zero-order chi connectivity index (χ0) is 17.7. The molecule has 2 heterocycles. The van der Waals surface area contributed by atoms with Crippen molar-refractivity contribution < 1.29 is 0 Å². The van der Waals surface area contributed by atoms with Crippen LogP contribution in [0.25, 0.3) is 10.9 Å². The zero-order valence-electron chi connectivity index (χ0n) is 15.3. The summed E-state index contributed by atoms with van der Waals surface area (Å²) in [4.78, 5) is 10.2. The molecule has 0 aliphatic rings. The smallest absolute Gasteiger partial charge is 0.191 e. The highest BCUT2D eigenvalue weighted by molar-refractivity contribution is 14.0. The Balaban J connectivity index is 0.00000243. The Morgan fingerprint density at radius 1 is 1.12 bits per heavy atom. The Hall–Kier alpha value is -1.67. The van der Waals surface area contributed by atoms with Crippen LogP contribution in [0.5, 0.6) is 0 Å². The molecule has 26 heavy (non-hydrogen) atoms. The van der Waals surface area contributed by atoms with Crippen molar-refractivity contribution in [3.05, 3.63) is 64.5 Å². The largest absolute Gasteiger partial charge is 0.356 e. The average molecular weight is 480 g/mol. The first-order chi connectivity index (χ1) is 12.1. The van der Waals surface area contributed by atoms with Gasteiger partial charge in [0.15, 0.2) is 5.96 Å². The number of guanidine groups is 1. The van der Waals surface area contributed by atoms with E-state index in [0.717, 1.165) is 23.4 Å². The minimum absolute atomic E-state index is 0. The highest BCUT2D eigenvalue weighted by atomic mass is 127. The molecule has 0 bridgehead atoms. The summed E-state index contributed by atoms with van der Waals surface area (Å²) in [6.07, 6.45) is 1.84. The number of halogens is 1. The predicted octanol–water partition coefficient (Wildman–Crippen LogP) is 4.56. The number of thiophene rings is 1. The first kappa shape index (κ1) is 20.6. The van der Waals surface area contributed by atoms with E-state index in [2.05, 4.69) is 76.2 Å². The highest BCUT2D eigenvalue weighted by Crippen LogP contribution is 2.26. The van der Waals surface area contributed by atoms with E-state index in [0.29, 0.717) is 6.54 Å². The quantitative estimate of drug-likeness (QED) is 0.320. The number of pyridine rings is 1. The second-order valence-corrected chi connectivity index (χ2v) is 7.58. The molecule has 2 N–H and O–H groups in total. The average Bonchev–Trinajstić information content (AvgIpc) is 3.17. The van der Waals surface area contributed by atoms with Gasteiger partial charge in [-0.1, -0.05) is 44.2 Å². The van der Waals surface area contributed by atoms with Gasteiger partial charge in [0.1, 0.15) is 0 Å². The Bertz CT molecular complexity index is 854. The van der Waals surface area contributed by atoms with Gasteiger partial charge in [-0.25, -0.2) is 0 Å². The number of fused-ring (bicyclic) bond motifs is 1. The van der Waals surface area contributed by atoms with E-state index in [9.17, 15) is 0 Å². The van der Waals surface area contributed by atoms with Gasteiger partial charge in [-0.3, -0.25) is 9.98 Å². The van der Waals surface area contributed by atoms with Gasteiger partial charge in [-0.15, -0.1) is 35.3 Å². The van der Waals surface area contributed by atoms with Crippen molar-refractivity contribution in [3.8, 4) is 0 Å². The number of rotatable bonds is 5. The number of hydrogen-bond donors (Lipinski definition) is 2. The second-order valence-electron chi connectivity index (χ2n) is 6.63. The van der Waals surface area contributed by atoms with Gasteiger partial charge in [-0.05, 0) is 23.1 Å². The standard InChI is InChI=1S/C20H24N4S.HI/c1-20(2,17-10-6-12-25-17)14-24-19(21-3)23-13-16-8-4-7-15-9-5-11-22-18(15)16;/h4-12H,13-14H2,1-3H3,(H2,21,23,24);1H. The van der Waals surface area contributed by atoms with Gasteiger partial charge in [0.2, 0.25) is 0 Å². The molecule has 4 nitrogen and oxygen atoms in total. The number of hydrogen-bond acceptors (Lipinski definition) is 3. The maximum Gasteiger partial charge on any atom is 0.191 e. The third kappa shape index (κ3) is 4.94. The molecule has 3 aromatic rings. The van der Waals surface area contributed by atoms with Crippen molar-refractivity contribution in [2.24, 2.45) is 4.99 Å². The van der Waals surface area contributed by atoms with Crippen LogP contribution in [0, 0.1) is 0 Å². The Morgan fingerprint density at radius 2 is 1.92 bits per heavy atom. The van der Waals surface area contributed by atoms with E-state index in [1.807, 2.05) is 12.3 Å². The Morgan fingerprint density at radius 3 is 2.65 bits per heavy atom. The van der Waals surface area contributed by atoms with Crippen molar-refractivity contribution >= 4 is 52.2 Å². The first-order valence-electron chi connectivity index (χ1n) is 8.41. The zero-order valence-corrected chi connectivity index (χ0v) is 18.5. The monoisotopic (exact) mass is 480 g/mol. The summed E-state index contributed by atoms with van der Waals surface area (Å²) in [7, 11) is 1.80. The van der Waals surface area contributed by atoms with Crippen LogP contribution in [0.4, 0.5) is 0 Å². The molecule has 0 radical (unpaired) electrons. The lowest BCUT2D eigenvalue weighted by Gasteiger charge is -2.25. The predicted molar refractivity (Wildman–Crippen MR) is 123 cm³/mol. The molecular weight excluding hydrogens is 455 g/mol. The van der Waals surface area contributed by atoms with Gasteiger partial charge in [0.05, 0.1) is 5.52 Å². The highest BCUT2D eigenvalue weighted by Gasteiger charge is 2.21. The second kappa shape index (κ2) is 9.32. The lowest BCUT2D eigenvalue weighted by molar-refractivity contribution is 0.518. The van der Waals surface area contributed by atoms with E-state index >= 15 is 0 Å². The summed E-state index contributed by atoms with van der Waals surface area (Å²) in [5, 5.41) is 10.1. The fourth-order valence-corrected chi connectivity index (χ4v) is 3.62. The molecule has 0 atom stereocenters. The van der Waals surface area contributed by atoms with Gasteiger partial charge in [0.25, 0.3) is 0 Å². The van der Waals surface area contributed by atoms with Gasteiger partial charge >= 0.3 is 0 Å². The summed E-state index contributed by atoms with van der Waals surface area (Å²) in [6.45, 7) is 6.00. The molecule has 0 fully saturated rings.